The lowest BCUT2D eigenvalue weighted by atomic mass is 10.1. The van der Waals surface area contributed by atoms with Crippen LogP contribution in [0, 0.1) is 0 Å². The van der Waals surface area contributed by atoms with Gasteiger partial charge in [-0.1, -0.05) is 41.5 Å². The first-order chi connectivity index (χ1) is 6.92. The summed E-state index contributed by atoms with van der Waals surface area (Å²) in [5.41, 5.74) is 0. The van der Waals surface area contributed by atoms with Crippen molar-refractivity contribution in [3.63, 3.8) is 0 Å². The standard InChI is InChI=1S/C12H30N2Si/c1-7-13(8-2)11(12(5,6)15)14(9-3)10-4/h11H,7-10H2,1-6,15H3. The van der Waals surface area contributed by atoms with Gasteiger partial charge in [-0.3, -0.25) is 9.80 Å². The normalized spacial score (nSPS) is 13.4. The molecule has 0 aromatic heterocycles. The largest absolute Gasteiger partial charge is 0.288 e. The Morgan fingerprint density at radius 2 is 1.13 bits per heavy atom. The van der Waals surface area contributed by atoms with E-state index in [-0.39, 0.29) is 0 Å². The third-order valence-electron chi connectivity index (χ3n) is 3.09. The summed E-state index contributed by atoms with van der Waals surface area (Å²) < 4.78 is 0. The van der Waals surface area contributed by atoms with Crippen LogP contribution in [0.2, 0.25) is 5.04 Å². The monoisotopic (exact) mass is 230 g/mol. The van der Waals surface area contributed by atoms with Gasteiger partial charge in [-0.2, -0.15) is 0 Å². The van der Waals surface area contributed by atoms with Gasteiger partial charge in [0, 0.05) is 10.2 Å². The second kappa shape index (κ2) is 6.66. The Morgan fingerprint density at radius 3 is 1.27 bits per heavy atom. The summed E-state index contributed by atoms with van der Waals surface area (Å²) in [5.74, 6) is 0. The van der Waals surface area contributed by atoms with Crippen LogP contribution in [0.15, 0.2) is 0 Å². The predicted octanol–water partition coefficient (Wildman–Crippen LogP) is 1.56. The molecule has 0 radical (unpaired) electrons. The molecule has 0 aliphatic rings. The SMILES string of the molecule is CCN(CC)C(N(CC)CC)C(C)(C)[SiH3]. The van der Waals surface area contributed by atoms with Gasteiger partial charge < -0.3 is 0 Å². The van der Waals surface area contributed by atoms with Gasteiger partial charge in [0.15, 0.2) is 0 Å². The van der Waals surface area contributed by atoms with Crippen molar-refractivity contribution in [3.8, 4) is 0 Å². The van der Waals surface area contributed by atoms with Crippen LogP contribution in [0.5, 0.6) is 0 Å². The van der Waals surface area contributed by atoms with Gasteiger partial charge in [-0.15, -0.1) is 0 Å². The maximum atomic E-state index is 2.60. The Hall–Kier alpha value is 0.137. The molecule has 0 saturated heterocycles. The molecular weight excluding hydrogens is 200 g/mol. The molecule has 0 heterocycles. The summed E-state index contributed by atoms with van der Waals surface area (Å²) in [6.07, 6.45) is 0.620. The molecule has 0 bridgehead atoms. The number of rotatable bonds is 7. The van der Waals surface area contributed by atoms with Gasteiger partial charge in [0.05, 0.1) is 6.17 Å². The summed E-state index contributed by atoms with van der Waals surface area (Å²) in [6.45, 7) is 18.5. The van der Waals surface area contributed by atoms with Crippen LogP contribution in [-0.2, 0) is 0 Å². The summed E-state index contributed by atoms with van der Waals surface area (Å²) in [4.78, 5) is 5.19. The van der Waals surface area contributed by atoms with Crippen LogP contribution in [0.25, 0.3) is 0 Å². The molecule has 0 spiro atoms. The zero-order valence-corrected chi connectivity index (χ0v) is 13.8. The Morgan fingerprint density at radius 1 is 0.867 bits per heavy atom. The fourth-order valence-corrected chi connectivity index (χ4v) is 3.20. The third-order valence-corrected chi connectivity index (χ3v) is 3.61. The van der Waals surface area contributed by atoms with Crippen molar-refractivity contribution in [1.82, 2.24) is 9.80 Å². The van der Waals surface area contributed by atoms with E-state index in [0.717, 1.165) is 26.2 Å². The Labute approximate surface area is 99.4 Å². The molecule has 3 heteroatoms. The second-order valence-electron chi connectivity index (χ2n) is 5.18. The fourth-order valence-electron chi connectivity index (χ4n) is 2.47. The zero-order chi connectivity index (χ0) is 12.1. The van der Waals surface area contributed by atoms with E-state index in [1.807, 2.05) is 0 Å². The first-order valence-corrected chi connectivity index (χ1v) is 7.40. The Kier molecular flexibility index (Phi) is 6.72. The third kappa shape index (κ3) is 4.25. The number of hydrogen-bond acceptors (Lipinski definition) is 2. The maximum absolute atomic E-state index is 2.60. The van der Waals surface area contributed by atoms with Gasteiger partial charge >= 0.3 is 0 Å². The molecule has 0 atom stereocenters. The van der Waals surface area contributed by atoms with Gasteiger partial charge in [-0.05, 0) is 31.2 Å². The average molecular weight is 230 g/mol. The molecule has 2 nitrogen and oxygen atoms in total. The molecule has 0 unspecified atom stereocenters. The predicted molar refractivity (Wildman–Crippen MR) is 73.6 cm³/mol. The topological polar surface area (TPSA) is 6.48 Å². The van der Waals surface area contributed by atoms with Crippen LogP contribution in [0.1, 0.15) is 41.5 Å². The summed E-state index contributed by atoms with van der Waals surface area (Å²) >= 11 is 0. The van der Waals surface area contributed by atoms with E-state index in [1.54, 1.807) is 0 Å². The highest BCUT2D eigenvalue weighted by Gasteiger charge is 2.32. The molecule has 92 valence electrons. The summed E-state index contributed by atoms with van der Waals surface area (Å²) in [5, 5.41) is 0.456. The lowest BCUT2D eigenvalue weighted by molar-refractivity contribution is 0.0296. The van der Waals surface area contributed by atoms with Crippen molar-refractivity contribution in [3.05, 3.63) is 0 Å². The molecule has 0 aromatic carbocycles. The molecule has 0 saturated carbocycles. The molecule has 15 heavy (non-hydrogen) atoms. The summed E-state index contributed by atoms with van der Waals surface area (Å²) in [6, 6.07) is 0. The van der Waals surface area contributed by atoms with Crippen LogP contribution in [0.3, 0.4) is 0 Å². The van der Waals surface area contributed by atoms with E-state index in [2.05, 4.69) is 51.3 Å². The second-order valence-corrected chi connectivity index (χ2v) is 7.76. The minimum Gasteiger partial charge on any atom is -0.288 e. The first-order valence-electron chi connectivity index (χ1n) is 6.40. The van der Waals surface area contributed by atoms with E-state index < -0.39 is 0 Å². The average Bonchev–Trinajstić information content (AvgIpc) is 2.17. The van der Waals surface area contributed by atoms with Gasteiger partial charge in [0.2, 0.25) is 0 Å². The van der Waals surface area contributed by atoms with Gasteiger partial charge in [0.1, 0.15) is 0 Å². The van der Waals surface area contributed by atoms with Crippen LogP contribution in [0.4, 0.5) is 0 Å². The van der Waals surface area contributed by atoms with E-state index >= 15 is 0 Å². The van der Waals surface area contributed by atoms with Crippen LogP contribution in [-0.4, -0.2) is 52.4 Å². The molecular formula is C12H30N2Si. The Bertz CT molecular complexity index is 145. The molecule has 0 amide bonds. The van der Waals surface area contributed by atoms with Gasteiger partial charge in [0.25, 0.3) is 0 Å². The first kappa shape index (κ1) is 15.1. The minimum atomic E-state index is 0.456. The van der Waals surface area contributed by atoms with Crippen molar-refractivity contribution in [2.24, 2.45) is 0 Å². The molecule has 0 aliphatic heterocycles. The van der Waals surface area contributed by atoms with Crippen molar-refractivity contribution >= 4 is 10.2 Å². The molecule has 0 rings (SSSR count). The lowest BCUT2D eigenvalue weighted by Gasteiger charge is -2.46. The summed E-state index contributed by atoms with van der Waals surface area (Å²) in [7, 11) is 1.24. The van der Waals surface area contributed by atoms with E-state index in [1.165, 1.54) is 10.2 Å². The fraction of sp³-hybridized carbons (Fsp3) is 1.00. The highest BCUT2D eigenvalue weighted by molar-refractivity contribution is 6.15. The van der Waals surface area contributed by atoms with Crippen molar-refractivity contribution < 1.29 is 0 Å². The highest BCUT2D eigenvalue weighted by Crippen LogP contribution is 2.30. The molecule has 0 fully saturated rings. The molecule has 0 aromatic rings. The number of nitrogens with zero attached hydrogens (tertiary/aromatic N) is 2. The quantitative estimate of drug-likeness (QED) is 0.484. The zero-order valence-electron chi connectivity index (χ0n) is 11.8. The highest BCUT2D eigenvalue weighted by atomic mass is 28.1. The smallest absolute Gasteiger partial charge is 0.0640 e. The van der Waals surface area contributed by atoms with Crippen molar-refractivity contribution in [2.75, 3.05) is 26.2 Å². The van der Waals surface area contributed by atoms with E-state index in [0.29, 0.717) is 11.2 Å². The van der Waals surface area contributed by atoms with E-state index in [4.69, 9.17) is 0 Å². The molecule has 0 N–H and O–H groups in total. The van der Waals surface area contributed by atoms with Crippen molar-refractivity contribution in [1.29, 1.82) is 0 Å². The minimum absolute atomic E-state index is 0.456. The maximum Gasteiger partial charge on any atom is 0.0640 e. The van der Waals surface area contributed by atoms with Gasteiger partial charge in [-0.25, -0.2) is 0 Å². The lowest BCUT2D eigenvalue weighted by Crippen LogP contribution is -2.53. The molecule has 0 aliphatic carbocycles. The van der Waals surface area contributed by atoms with Crippen LogP contribution >= 0.6 is 0 Å². The number of hydrogen-bond donors (Lipinski definition) is 0. The van der Waals surface area contributed by atoms with Crippen LogP contribution < -0.4 is 0 Å². The van der Waals surface area contributed by atoms with Crippen molar-refractivity contribution in [2.45, 2.75) is 52.7 Å². The van der Waals surface area contributed by atoms with E-state index in [9.17, 15) is 0 Å². The Balaban J connectivity index is 4.85.